The average Bonchev–Trinajstić information content (AvgIpc) is 3.42. The van der Waals surface area contributed by atoms with Gasteiger partial charge in [-0.15, -0.1) is 0 Å². The first kappa shape index (κ1) is 24.2. The van der Waals surface area contributed by atoms with Crippen LogP contribution in [-0.2, 0) is 11.3 Å². The van der Waals surface area contributed by atoms with Gasteiger partial charge in [-0.2, -0.15) is 0 Å². The molecule has 0 radical (unpaired) electrons. The van der Waals surface area contributed by atoms with Crippen molar-refractivity contribution in [3.63, 3.8) is 0 Å². The zero-order chi connectivity index (χ0) is 23.9. The van der Waals surface area contributed by atoms with Crippen LogP contribution in [0, 0.1) is 11.8 Å². The largest absolute Gasteiger partial charge is 0.493 e. The fourth-order valence-corrected chi connectivity index (χ4v) is 5.98. The van der Waals surface area contributed by atoms with E-state index < -0.39 is 0 Å². The molecule has 2 aromatic rings. The minimum absolute atomic E-state index is 0.371. The van der Waals surface area contributed by atoms with Crippen LogP contribution in [0.1, 0.15) is 50.5 Å². The lowest BCUT2D eigenvalue weighted by molar-refractivity contribution is -0.134. The lowest BCUT2D eigenvalue weighted by Crippen LogP contribution is -2.45. The van der Waals surface area contributed by atoms with Crippen molar-refractivity contribution in [1.82, 2.24) is 9.80 Å². The quantitative estimate of drug-likeness (QED) is 0.525. The number of amides is 1. The van der Waals surface area contributed by atoms with Gasteiger partial charge in [0.1, 0.15) is 5.75 Å². The second kappa shape index (κ2) is 11.9. The van der Waals surface area contributed by atoms with E-state index in [1.54, 1.807) is 0 Å². The van der Waals surface area contributed by atoms with Gasteiger partial charge in [0, 0.05) is 63.8 Å². The topological polar surface area (TPSA) is 36.0 Å². The highest BCUT2D eigenvalue weighted by molar-refractivity contribution is 5.76. The van der Waals surface area contributed by atoms with E-state index in [0.29, 0.717) is 24.3 Å². The molecule has 1 saturated carbocycles. The summed E-state index contributed by atoms with van der Waals surface area (Å²) in [5.74, 6) is 2.38. The van der Waals surface area contributed by atoms with Crippen LogP contribution in [0.5, 0.6) is 5.75 Å². The number of piperazine rings is 1. The summed E-state index contributed by atoms with van der Waals surface area (Å²) in [6.45, 7) is 7.81. The van der Waals surface area contributed by atoms with Crippen molar-refractivity contribution in [2.45, 2.75) is 51.5 Å². The summed E-state index contributed by atoms with van der Waals surface area (Å²) < 4.78 is 6.16. The highest BCUT2D eigenvalue weighted by atomic mass is 16.5. The molecule has 0 unspecified atom stereocenters. The molecule has 0 N–H and O–H groups in total. The van der Waals surface area contributed by atoms with Gasteiger partial charge >= 0.3 is 0 Å². The van der Waals surface area contributed by atoms with Crippen LogP contribution in [0.3, 0.4) is 0 Å². The Hall–Kier alpha value is -2.53. The molecule has 0 bridgehead atoms. The summed E-state index contributed by atoms with van der Waals surface area (Å²) in [6.07, 6.45) is 8.10. The van der Waals surface area contributed by atoms with Gasteiger partial charge in [-0.25, -0.2) is 0 Å². The van der Waals surface area contributed by atoms with E-state index in [4.69, 9.17) is 4.74 Å². The van der Waals surface area contributed by atoms with Crippen LogP contribution in [0.15, 0.2) is 54.6 Å². The fourth-order valence-electron chi connectivity index (χ4n) is 5.98. The Labute approximate surface area is 211 Å². The Bertz CT molecular complexity index is 918. The Morgan fingerprint density at radius 1 is 0.800 bits per heavy atom. The van der Waals surface area contributed by atoms with Crippen LogP contribution >= 0.6 is 0 Å². The Morgan fingerprint density at radius 3 is 2.26 bits per heavy atom. The monoisotopic (exact) mass is 475 g/mol. The summed E-state index contributed by atoms with van der Waals surface area (Å²) in [4.78, 5) is 19.9. The fraction of sp³-hybridized carbons (Fsp3) is 0.567. The third-order valence-electron chi connectivity index (χ3n) is 8.12. The van der Waals surface area contributed by atoms with E-state index in [-0.39, 0.29) is 0 Å². The molecule has 2 aromatic carbocycles. The summed E-state index contributed by atoms with van der Waals surface area (Å²) >= 11 is 0. The Kier molecular flexibility index (Phi) is 8.25. The minimum atomic E-state index is 0.371. The third-order valence-corrected chi connectivity index (χ3v) is 8.12. The van der Waals surface area contributed by atoms with Crippen LogP contribution in [-0.4, -0.2) is 61.6 Å². The van der Waals surface area contributed by atoms with Crippen molar-refractivity contribution in [3.05, 3.63) is 60.2 Å². The SMILES string of the molecule is O=C(CC1CCCC1)N1CCC[C@H](COc2ccc(CN3CCN(c4ccccc4)CC3)cc2)C1. The Morgan fingerprint density at radius 2 is 1.51 bits per heavy atom. The van der Waals surface area contributed by atoms with E-state index in [1.165, 1.54) is 36.9 Å². The number of para-hydroxylation sites is 1. The second-order valence-electron chi connectivity index (χ2n) is 10.8. The van der Waals surface area contributed by atoms with E-state index in [9.17, 15) is 4.79 Å². The number of hydrogen-bond donors (Lipinski definition) is 0. The molecule has 188 valence electrons. The zero-order valence-corrected chi connectivity index (χ0v) is 21.1. The van der Waals surface area contributed by atoms with Gasteiger partial charge in [-0.1, -0.05) is 43.2 Å². The van der Waals surface area contributed by atoms with E-state index in [1.807, 2.05) is 0 Å². The highest BCUT2D eigenvalue weighted by Gasteiger charge is 2.27. The number of benzene rings is 2. The maximum absolute atomic E-state index is 12.7. The van der Waals surface area contributed by atoms with Crippen molar-refractivity contribution in [3.8, 4) is 5.75 Å². The molecular formula is C30H41N3O2. The van der Waals surface area contributed by atoms with Crippen molar-refractivity contribution in [1.29, 1.82) is 0 Å². The summed E-state index contributed by atoms with van der Waals surface area (Å²) in [6, 6.07) is 19.4. The van der Waals surface area contributed by atoms with Crippen LogP contribution < -0.4 is 9.64 Å². The van der Waals surface area contributed by atoms with Crippen molar-refractivity contribution >= 4 is 11.6 Å². The van der Waals surface area contributed by atoms with Crippen LogP contribution in [0.25, 0.3) is 0 Å². The number of likely N-dealkylation sites (tertiary alicyclic amines) is 1. The molecule has 3 fully saturated rings. The predicted molar refractivity (Wildman–Crippen MR) is 142 cm³/mol. The van der Waals surface area contributed by atoms with E-state index in [0.717, 1.165) is 70.8 Å². The van der Waals surface area contributed by atoms with Gasteiger partial charge in [0.15, 0.2) is 0 Å². The normalized spacial score (nSPS) is 21.9. The van der Waals surface area contributed by atoms with E-state index >= 15 is 0 Å². The number of carbonyl (C=O) groups excluding carboxylic acids is 1. The molecule has 0 spiro atoms. The number of ether oxygens (including phenoxy) is 1. The first-order valence-corrected chi connectivity index (χ1v) is 13.7. The summed E-state index contributed by atoms with van der Waals surface area (Å²) in [5, 5.41) is 0. The van der Waals surface area contributed by atoms with Gasteiger partial charge in [0.2, 0.25) is 5.91 Å². The lowest BCUT2D eigenvalue weighted by Gasteiger charge is -2.36. The predicted octanol–water partition coefficient (Wildman–Crippen LogP) is 5.21. The molecule has 2 aliphatic heterocycles. The maximum Gasteiger partial charge on any atom is 0.222 e. The number of piperidine rings is 1. The molecular weight excluding hydrogens is 434 g/mol. The first-order chi connectivity index (χ1) is 17.2. The van der Waals surface area contributed by atoms with Gasteiger partial charge < -0.3 is 14.5 Å². The molecule has 3 aliphatic rings. The smallest absolute Gasteiger partial charge is 0.222 e. The maximum atomic E-state index is 12.7. The number of hydrogen-bond acceptors (Lipinski definition) is 4. The molecule has 5 rings (SSSR count). The van der Waals surface area contributed by atoms with E-state index in [2.05, 4.69) is 69.3 Å². The lowest BCUT2D eigenvalue weighted by atomic mass is 9.97. The molecule has 0 aromatic heterocycles. The van der Waals surface area contributed by atoms with Crippen molar-refractivity contribution in [2.24, 2.45) is 11.8 Å². The van der Waals surface area contributed by atoms with Gasteiger partial charge in [0.25, 0.3) is 0 Å². The molecule has 2 saturated heterocycles. The first-order valence-electron chi connectivity index (χ1n) is 13.7. The van der Waals surface area contributed by atoms with Gasteiger partial charge in [-0.3, -0.25) is 9.69 Å². The molecule has 5 nitrogen and oxygen atoms in total. The van der Waals surface area contributed by atoms with Crippen LogP contribution in [0.2, 0.25) is 0 Å². The average molecular weight is 476 g/mol. The number of carbonyl (C=O) groups is 1. The summed E-state index contributed by atoms with van der Waals surface area (Å²) in [5.41, 5.74) is 2.67. The third kappa shape index (κ3) is 6.78. The summed E-state index contributed by atoms with van der Waals surface area (Å²) in [7, 11) is 0. The van der Waals surface area contributed by atoms with Crippen molar-refractivity contribution in [2.75, 3.05) is 50.8 Å². The molecule has 35 heavy (non-hydrogen) atoms. The number of anilines is 1. The van der Waals surface area contributed by atoms with Crippen LogP contribution in [0.4, 0.5) is 5.69 Å². The second-order valence-corrected chi connectivity index (χ2v) is 10.8. The number of nitrogens with zero attached hydrogens (tertiary/aromatic N) is 3. The minimum Gasteiger partial charge on any atom is -0.493 e. The molecule has 1 aliphatic carbocycles. The molecule has 2 heterocycles. The molecule has 1 atom stereocenters. The highest BCUT2D eigenvalue weighted by Crippen LogP contribution is 2.29. The zero-order valence-electron chi connectivity index (χ0n) is 21.1. The molecule has 5 heteroatoms. The molecule has 1 amide bonds. The van der Waals surface area contributed by atoms with Crippen molar-refractivity contribution < 1.29 is 9.53 Å². The standard InChI is InChI=1S/C30H41N3O2/c34-30(21-25-7-4-5-8-25)33-16-6-9-27(23-33)24-35-29-14-12-26(13-15-29)22-31-17-19-32(20-18-31)28-10-2-1-3-11-28/h1-3,10-15,25,27H,4-9,16-24H2/t27-/m0/s1. The number of rotatable bonds is 8. The van der Waals surface area contributed by atoms with Gasteiger partial charge in [0.05, 0.1) is 6.61 Å². The Balaban J connectivity index is 1.03. The van der Waals surface area contributed by atoms with Gasteiger partial charge in [-0.05, 0) is 61.4 Å².